The van der Waals surface area contributed by atoms with Gasteiger partial charge in [-0.2, -0.15) is 5.10 Å². The second kappa shape index (κ2) is 8.34. The SMILES string of the molecule is Cc1cc(C)n(-c2ccccc2NC(=O)Cc2csc(NC(=O)c3ccco3)n2)n1. The summed E-state index contributed by atoms with van der Waals surface area (Å²) in [4.78, 5) is 28.9. The van der Waals surface area contributed by atoms with E-state index in [4.69, 9.17) is 4.42 Å². The van der Waals surface area contributed by atoms with Crippen LogP contribution in [-0.4, -0.2) is 26.6 Å². The number of thiazole rings is 1. The molecule has 8 nitrogen and oxygen atoms in total. The minimum Gasteiger partial charge on any atom is -0.459 e. The molecule has 3 heterocycles. The Morgan fingerprint density at radius 2 is 1.97 bits per heavy atom. The van der Waals surface area contributed by atoms with Gasteiger partial charge in [0.05, 0.1) is 35.4 Å². The van der Waals surface area contributed by atoms with Crippen LogP contribution in [0.25, 0.3) is 5.69 Å². The zero-order valence-electron chi connectivity index (χ0n) is 16.4. The average molecular weight is 421 g/mol. The van der Waals surface area contributed by atoms with Crippen LogP contribution >= 0.6 is 11.3 Å². The van der Waals surface area contributed by atoms with E-state index in [2.05, 4.69) is 20.7 Å². The Morgan fingerprint density at radius 1 is 1.13 bits per heavy atom. The molecule has 0 saturated heterocycles. The molecule has 0 aliphatic heterocycles. The van der Waals surface area contributed by atoms with Crippen LogP contribution in [0.4, 0.5) is 10.8 Å². The number of furan rings is 1. The topological polar surface area (TPSA) is 102 Å². The third-order valence-electron chi connectivity index (χ3n) is 4.27. The molecular formula is C21H19N5O3S. The predicted octanol–water partition coefficient (Wildman–Crippen LogP) is 3.97. The standard InChI is InChI=1S/C21H19N5O3S/c1-13-10-14(2)26(25-13)17-7-4-3-6-16(17)23-19(27)11-15-12-30-21(22-15)24-20(28)18-8-5-9-29-18/h3-10,12H,11H2,1-2H3,(H,23,27)(H,22,24,28). The molecule has 0 radical (unpaired) electrons. The summed E-state index contributed by atoms with van der Waals surface area (Å²) in [6.45, 7) is 3.89. The van der Waals surface area contributed by atoms with E-state index >= 15 is 0 Å². The number of aromatic nitrogens is 3. The van der Waals surface area contributed by atoms with Gasteiger partial charge in [0.25, 0.3) is 5.91 Å². The minimum absolute atomic E-state index is 0.0819. The molecule has 4 rings (SSSR count). The van der Waals surface area contributed by atoms with E-state index in [1.165, 1.54) is 17.6 Å². The van der Waals surface area contributed by atoms with E-state index in [0.29, 0.717) is 16.5 Å². The van der Waals surface area contributed by atoms with Crippen molar-refractivity contribution < 1.29 is 14.0 Å². The van der Waals surface area contributed by atoms with E-state index < -0.39 is 0 Å². The van der Waals surface area contributed by atoms with Crippen LogP contribution in [-0.2, 0) is 11.2 Å². The second-order valence-electron chi connectivity index (χ2n) is 6.66. The highest BCUT2D eigenvalue weighted by Crippen LogP contribution is 2.22. The molecule has 2 N–H and O–H groups in total. The van der Waals surface area contributed by atoms with Crippen molar-refractivity contribution in [3.63, 3.8) is 0 Å². The summed E-state index contributed by atoms with van der Waals surface area (Å²) in [5, 5.41) is 12.2. The summed E-state index contributed by atoms with van der Waals surface area (Å²) >= 11 is 1.25. The lowest BCUT2D eigenvalue weighted by Gasteiger charge is -2.12. The Bertz CT molecular complexity index is 1190. The van der Waals surface area contributed by atoms with Gasteiger partial charge in [0.2, 0.25) is 5.91 Å². The molecule has 152 valence electrons. The molecule has 0 saturated carbocycles. The molecule has 0 bridgehead atoms. The summed E-state index contributed by atoms with van der Waals surface area (Å²) < 4.78 is 6.86. The van der Waals surface area contributed by atoms with Crippen molar-refractivity contribution >= 4 is 34.0 Å². The molecule has 9 heteroatoms. The van der Waals surface area contributed by atoms with E-state index in [9.17, 15) is 9.59 Å². The molecular weight excluding hydrogens is 402 g/mol. The van der Waals surface area contributed by atoms with Crippen LogP contribution in [0, 0.1) is 13.8 Å². The summed E-state index contributed by atoms with van der Waals surface area (Å²) in [5.74, 6) is -0.396. The molecule has 0 aliphatic rings. The number of hydrogen-bond acceptors (Lipinski definition) is 6. The predicted molar refractivity (Wildman–Crippen MR) is 114 cm³/mol. The summed E-state index contributed by atoms with van der Waals surface area (Å²) in [6, 6.07) is 12.7. The number of amides is 2. The number of rotatable bonds is 6. The van der Waals surface area contributed by atoms with E-state index in [1.54, 1.807) is 22.2 Å². The fourth-order valence-electron chi connectivity index (χ4n) is 3.01. The van der Waals surface area contributed by atoms with Crippen LogP contribution in [0.2, 0.25) is 0 Å². The van der Waals surface area contributed by atoms with Gasteiger partial charge < -0.3 is 9.73 Å². The second-order valence-corrected chi connectivity index (χ2v) is 7.51. The number of aryl methyl sites for hydroxylation is 2. The molecule has 30 heavy (non-hydrogen) atoms. The molecule has 0 unspecified atom stereocenters. The average Bonchev–Trinajstić information content (AvgIpc) is 3.44. The van der Waals surface area contributed by atoms with Gasteiger partial charge in [-0.25, -0.2) is 9.67 Å². The lowest BCUT2D eigenvalue weighted by atomic mass is 10.2. The third kappa shape index (κ3) is 4.31. The molecule has 0 aliphatic carbocycles. The molecule has 1 aromatic carbocycles. The zero-order chi connectivity index (χ0) is 21.1. The number of para-hydroxylation sites is 2. The lowest BCUT2D eigenvalue weighted by molar-refractivity contribution is -0.115. The van der Waals surface area contributed by atoms with Gasteiger partial charge in [-0.1, -0.05) is 12.1 Å². The Labute approximate surface area is 176 Å². The van der Waals surface area contributed by atoms with Crippen molar-refractivity contribution in [1.82, 2.24) is 14.8 Å². The van der Waals surface area contributed by atoms with Crippen molar-refractivity contribution in [1.29, 1.82) is 0 Å². The minimum atomic E-state index is -0.385. The van der Waals surface area contributed by atoms with Crippen molar-refractivity contribution in [2.24, 2.45) is 0 Å². The van der Waals surface area contributed by atoms with Crippen LogP contribution in [0.15, 0.2) is 58.5 Å². The van der Waals surface area contributed by atoms with Crippen molar-refractivity contribution in [3.8, 4) is 5.69 Å². The van der Waals surface area contributed by atoms with Gasteiger partial charge >= 0.3 is 0 Å². The normalized spacial score (nSPS) is 10.7. The van der Waals surface area contributed by atoms with Gasteiger partial charge in [0, 0.05) is 11.1 Å². The molecule has 0 atom stereocenters. The van der Waals surface area contributed by atoms with Gasteiger partial charge in [0.15, 0.2) is 10.9 Å². The maximum absolute atomic E-state index is 12.6. The smallest absolute Gasteiger partial charge is 0.293 e. The van der Waals surface area contributed by atoms with Gasteiger partial charge in [-0.3, -0.25) is 14.9 Å². The van der Waals surface area contributed by atoms with E-state index in [1.807, 2.05) is 44.2 Å². The van der Waals surface area contributed by atoms with Crippen LogP contribution < -0.4 is 10.6 Å². The van der Waals surface area contributed by atoms with Gasteiger partial charge in [-0.05, 0) is 44.2 Å². The summed E-state index contributed by atoms with van der Waals surface area (Å²) in [6.07, 6.45) is 1.51. The number of nitrogens with zero attached hydrogens (tertiary/aromatic N) is 3. The Kier molecular flexibility index (Phi) is 5.44. The Hall–Kier alpha value is -3.72. The van der Waals surface area contributed by atoms with E-state index in [0.717, 1.165) is 17.1 Å². The van der Waals surface area contributed by atoms with Gasteiger partial charge in [-0.15, -0.1) is 11.3 Å². The quantitative estimate of drug-likeness (QED) is 0.490. The highest BCUT2D eigenvalue weighted by molar-refractivity contribution is 7.14. The largest absolute Gasteiger partial charge is 0.459 e. The first-order chi connectivity index (χ1) is 14.5. The first-order valence-corrected chi connectivity index (χ1v) is 10.1. The number of hydrogen-bond donors (Lipinski definition) is 2. The van der Waals surface area contributed by atoms with Crippen LogP contribution in [0.5, 0.6) is 0 Å². The molecule has 2 amide bonds. The van der Waals surface area contributed by atoms with E-state index in [-0.39, 0.29) is 24.0 Å². The Morgan fingerprint density at radius 3 is 2.70 bits per heavy atom. The van der Waals surface area contributed by atoms with Crippen molar-refractivity contribution in [2.45, 2.75) is 20.3 Å². The fraction of sp³-hybridized carbons (Fsp3) is 0.143. The number of carbonyl (C=O) groups excluding carboxylic acids is 2. The van der Waals surface area contributed by atoms with Crippen molar-refractivity contribution in [2.75, 3.05) is 10.6 Å². The molecule has 4 aromatic rings. The van der Waals surface area contributed by atoms with Crippen molar-refractivity contribution in [3.05, 3.63) is 76.9 Å². The molecule has 0 fully saturated rings. The third-order valence-corrected chi connectivity index (χ3v) is 5.08. The maximum atomic E-state index is 12.6. The van der Waals surface area contributed by atoms with Gasteiger partial charge in [0.1, 0.15) is 0 Å². The number of anilines is 2. The number of carbonyl (C=O) groups is 2. The highest BCUT2D eigenvalue weighted by atomic mass is 32.1. The summed E-state index contributed by atoms with van der Waals surface area (Å²) in [5.41, 5.74) is 3.90. The van der Waals surface area contributed by atoms with Crippen LogP contribution in [0.1, 0.15) is 27.6 Å². The molecule has 3 aromatic heterocycles. The first kappa shape index (κ1) is 19.6. The number of benzene rings is 1. The molecule has 0 spiro atoms. The first-order valence-electron chi connectivity index (χ1n) is 9.21. The maximum Gasteiger partial charge on any atom is 0.293 e. The fourth-order valence-corrected chi connectivity index (χ4v) is 3.71. The monoisotopic (exact) mass is 421 g/mol. The zero-order valence-corrected chi connectivity index (χ0v) is 17.2. The lowest BCUT2D eigenvalue weighted by Crippen LogP contribution is -2.17. The number of nitrogens with one attached hydrogen (secondary N) is 2. The van der Waals surface area contributed by atoms with Crippen LogP contribution in [0.3, 0.4) is 0 Å². The highest BCUT2D eigenvalue weighted by Gasteiger charge is 2.15. The Balaban J connectivity index is 1.43. The summed E-state index contributed by atoms with van der Waals surface area (Å²) in [7, 11) is 0.